The van der Waals surface area contributed by atoms with Crippen molar-refractivity contribution in [2.24, 2.45) is 0 Å². The number of amides is 1. The van der Waals surface area contributed by atoms with E-state index >= 15 is 0 Å². The Hall–Kier alpha value is -4.37. The maximum Gasteiger partial charge on any atom is 2.00 e. The summed E-state index contributed by atoms with van der Waals surface area (Å²) in [6.07, 6.45) is 8.22. The fraction of sp³-hybridized carbons (Fsp3) is 0.250. The van der Waals surface area contributed by atoms with Gasteiger partial charge in [0.05, 0.1) is 22.8 Å². The molecule has 2 aliphatic heterocycles. The van der Waals surface area contributed by atoms with Crippen LogP contribution in [0, 0.1) is 0 Å². The molecule has 1 aromatic carbocycles. The third-order valence-corrected chi connectivity index (χ3v) is 7.50. The number of hydrogen-bond donors (Lipinski definition) is 3. The van der Waals surface area contributed by atoms with Crippen LogP contribution < -0.4 is 4.98 Å². The van der Waals surface area contributed by atoms with Crippen molar-refractivity contribution in [1.82, 2.24) is 19.9 Å². The van der Waals surface area contributed by atoms with Crippen molar-refractivity contribution in [1.29, 1.82) is 0 Å². The van der Waals surface area contributed by atoms with Crippen LogP contribution in [0.3, 0.4) is 0 Å². The third-order valence-electron chi connectivity index (χ3n) is 7.50. The van der Waals surface area contributed by atoms with Crippen LogP contribution in [0.5, 0.6) is 0 Å². The van der Waals surface area contributed by atoms with Gasteiger partial charge in [-0.15, -0.1) is 16.7 Å². The summed E-state index contributed by atoms with van der Waals surface area (Å²) in [6, 6.07) is 19.2. The molecule has 0 fully saturated rings. The molecule has 10 heteroatoms. The van der Waals surface area contributed by atoms with Crippen LogP contribution in [0.4, 0.5) is 10.5 Å². The molecule has 46 heavy (non-hydrogen) atoms. The van der Waals surface area contributed by atoms with Gasteiger partial charge in [-0.2, -0.15) is 0 Å². The number of carbonyl (C=O) groups excluding carboxylic acids is 1. The summed E-state index contributed by atoms with van der Waals surface area (Å²) in [6.45, 7) is 5.42. The zero-order valence-electron chi connectivity index (χ0n) is 26.2. The minimum Gasteiger partial charge on any atom is -0.657 e. The Labute approximate surface area is 280 Å². The summed E-state index contributed by atoms with van der Waals surface area (Å²) in [5.41, 5.74) is 8.91. The van der Waals surface area contributed by atoms with Gasteiger partial charge in [0, 0.05) is 29.8 Å². The van der Waals surface area contributed by atoms with Crippen LogP contribution in [-0.4, -0.2) is 50.1 Å². The monoisotopic (exact) mass is 665 g/mol. The molecule has 0 radical (unpaired) electrons. The van der Waals surface area contributed by atoms with Crippen molar-refractivity contribution in [3.05, 3.63) is 94.3 Å². The topological polar surface area (TPSA) is 137 Å². The van der Waals surface area contributed by atoms with Gasteiger partial charge in [-0.1, -0.05) is 42.5 Å². The van der Waals surface area contributed by atoms with Crippen molar-refractivity contribution in [2.45, 2.75) is 45.1 Å². The molecule has 4 aromatic rings. The fourth-order valence-corrected chi connectivity index (χ4v) is 5.60. The Morgan fingerprint density at radius 2 is 1.57 bits per heavy atom. The summed E-state index contributed by atoms with van der Waals surface area (Å²) in [4.78, 5) is 30.6. The number of nitrogens with one attached hydrogen (secondary N) is 1. The Morgan fingerprint density at radius 1 is 0.891 bits per heavy atom. The first kappa shape index (κ1) is 33.0. The molecule has 230 valence electrons. The largest absolute Gasteiger partial charge is 2.00 e. The minimum absolute atomic E-state index is 0. The van der Waals surface area contributed by atoms with Gasteiger partial charge in [0.1, 0.15) is 5.60 Å². The average molecular weight is 667 g/mol. The van der Waals surface area contributed by atoms with E-state index < -0.39 is 11.7 Å². The van der Waals surface area contributed by atoms with Gasteiger partial charge in [-0.05, 0) is 93.2 Å². The number of nitrogens with zero attached hydrogens (tertiary/aromatic N) is 4. The predicted octanol–water partition coefficient (Wildman–Crippen LogP) is 7.74. The molecule has 0 atom stereocenters. The first-order valence-electron chi connectivity index (χ1n) is 15.0. The minimum atomic E-state index is -0.634. The molecule has 0 saturated heterocycles. The van der Waals surface area contributed by atoms with Gasteiger partial charge in [0.15, 0.2) is 0 Å². The number of hydrogen-bond acceptors (Lipinski definition) is 6. The van der Waals surface area contributed by atoms with Crippen molar-refractivity contribution in [2.75, 3.05) is 13.2 Å². The normalized spacial score (nSPS) is 12.3. The summed E-state index contributed by atoms with van der Waals surface area (Å²) < 4.78 is 5.33. The van der Waals surface area contributed by atoms with Gasteiger partial charge in [-0.25, -0.2) is 9.97 Å². The molecular formula is C36H35N5O4Zn. The Balaban J connectivity index is 0.00000417. The molecule has 8 bridgehead atoms. The van der Waals surface area contributed by atoms with E-state index in [1.807, 2.05) is 72.8 Å². The Bertz CT molecular complexity index is 1950. The molecule has 0 aliphatic carbocycles. The van der Waals surface area contributed by atoms with E-state index in [0.717, 1.165) is 61.5 Å². The molecule has 3 N–H and O–H groups in total. The molecule has 6 rings (SSSR count). The van der Waals surface area contributed by atoms with Gasteiger partial charge < -0.3 is 30.2 Å². The standard InChI is InChI=1S/C36H36N5O4.Zn/c1-36(2,3)45-35(44)41-24-6-4-22(5-7-24)33-29-12-8-25(37-29)20-27-10-14-31(39-27)34(23(16-18-42)17-19-43)32-15-11-28(40-32)21-26-9-13-30(33)38-26;/h4-15,20-21,23,42-43H,16-19H2,1-3H3,(H2-,37,38,39,40,41,44);/q-1;+2/p-1. The second kappa shape index (κ2) is 14.0. The SMILES string of the molecule is CC(C)(C)OC(=O)[N-]c1ccc(-c2c3nc(cc4ccc([n-]4)c(C(CCO)CCO)c4nc(cc5ccc2[nH]5)C=C4)C=C3)cc1.[Zn+2]. The van der Waals surface area contributed by atoms with E-state index in [-0.39, 0.29) is 38.6 Å². The average Bonchev–Trinajstić information content (AvgIpc) is 3.80. The van der Waals surface area contributed by atoms with E-state index in [9.17, 15) is 15.0 Å². The number of ether oxygens (including phenoxy) is 1. The number of rotatable bonds is 7. The number of benzene rings is 1. The molecule has 5 heterocycles. The van der Waals surface area contributed by atoms with Crippen molar-refractivity contribution < 1.29 is 39.2 Å². The first-order valence-corrected chi connectivity index (χ1v) is 15.0. The molecular weight excluding hydrogens is 632 g/mol. The number of H-pyrrole nitrogens is 1. The predicted molar refractivity (Wildman–Crippen MR) is 179 cm³/mol. The number of carbonyl (C=O) groups is 1. The van der Waals surface area contributed by atoms with Crippen molar-refractivity contribution in [3.8, 4) is 11.1 Å². The molecule has 0 unspecified atom stereocenters. The third kappa shape index (κ3) is 7.53. The van der Waals surface area contributed by atoms with Crippen molar-refractivity contribution in [3.63, 3.8) is 0 Å². The van der Waals surface area contributed by atoms with E-state index in [4.69, 9.17) is 19.7 Å². The first-order chi connectivity index (χ1) is 21.7. The number of aliphatic hydroxyl groups is 2. The summed E-state index contributed by atoms with van der Waals surface area (Å²) in [7, 11) is 0. The number of aromatic nitrogens is 4. The second-order valence-corrected chi connectivity index (χ2v) is 12.0. The molecule has 0 spiro atoms. The van der Waals surface area contributed by atoms with Gasteiger partial charge >= 0.3 is 19.5 Å². The van der Waals surface area contributed by atoms with Crippen molar-refractivity contribution >= 4 is 58.2 Å². The Kier molecular flexibility index (Phi) is 10.0. The van der Waals surface area contributed by atoms with Crippen LogP contribution in [-0.2, 0) is 24.2 Å². The van der Waals surface area contributed by atoms with E-state index in [1.54, 1.807) is 32.9 Å². The van der Waals surface area contributed by atoms with Gasteiger partial charge in [0.2, 0.25) is 6.09 Å². The molecule has 1 amide bonds. The molecule has 3 aromatic heterocycles. The van der Waals surface area contributed by atoms with Crippen LogP contribution in [0.15, 0.2) is 60.7 Å². The number of aromatic amines is 1. The maximum absolute atomic E-state index is 12.2. The van der Waals surface area contributed by atoms with Crippen LogP contribution >= 0.6 is 0 Å². The van der Waals surface area contributed by atoms with E-state index in [0.29, 0.717) is 18.5 Å². The Morgan fingerprint density at radius 3 is 2.26 bits per heavy atom. The zero-order valence-corrected chi connectivity index (χ0v) is 29.2. The van der Waals surface area contributed by atoms with Crippen LogP contribution in [0.2, 0.25) is 0 Å². The van der Waals surface area contributed by atoms with Gasteiger partial charge in [0.25, 0.3) is 0 Å². The van der Waals surface area contributed by atoms with E-state index in [2.05, 4.69) is 10.3 Å². The number of fused-ring (bicyclic) bond motifs is 8. The summed E-state index contributed by atoms with van der Waals surface area (Å²) >= 11 is 0. The molecule has 0 saturated carbocycles. The molecule has 2 aliphatic rings. The van der Waals surface area contributed by atoms with Crippen LogP contribution in [0.25, 0.3) is 62.8 Å². The quantitative estimate of drug-likeness (QED) is 0.148. The van der Waals surface area contributed by atoms with Gasteiger partial charge in [-0.3, -0.25) is 4.79 Å². The number of aliphatic hydroxyl groups excluding tert-OH is 2. The summed E-state index contributed by atoms with van der Waals surface area (Å²) in [5, 5.41) is 23.7. The summed E-state index contributed by atoms with van der Waals surface area (Å²) in [5.74, 6) is -0.106. The van der Waals surface area contributed by atoms with E-state index in [1.165, 1.54) is 0 Å². The molecule has 9 nitrogen and oxygen atoms in total. The fourth-order valence-electron chi connectivity index (χ4n) is 5.60. The zero-order chi connectivity index (χ0) is 31.6. The van der Waals surface area contributed by atoms with Crippen LogP contribution in [0.1, 0.15) is 67.9 Å². The maximum atomic E-state index is 12.2. The second-order valence-electron chi connectivity index (χ2n) is 12.0. The smallest absolute Gasteiger partial charge is 0.657 e.